The molecule has 0 aromatic rings. The average molecular weight is 127 g/mol. The molecule has 0 aliphatic carbocycles. The summed E-state index contributed by atoms with van der Waals surface area (Å²) in [6, 6.07) is 0. The Morgan fingerprint density at radius 3 is 2.56 bits per heavy atom. The van der Waals surface area contributed by atoms with Crippen LogP contribution in [-0.4, -0.2) is 16.6 Å². The summed E-state index contributed by atoms with van der Waals surface area (Å²) >= 11 is 0. The van der Waals surface area contributed by atoms with Crippen LogP contribution in [0.2, 0.25) is 0 Å². The van der Waals surface area contributed by atoms with Gasteiger partial charge < -0.3 is 10.8 Å². The minimum atomic E-state index is -1.33. The fraction of sp³-hybridized carbons (Fsp3) is 0.333. The molecule has 0 fully saturated rings. The van der Waals surface area contributed by atoms with Gasteiger partial charge in [0.15, 0.2) is 0 Å². The highest BCUT2D eigenvalue weighted by molar-refractivity contribution is 5.80. The van der Waals surface area contributed by atoms with E-state index in [-0.39, 0.29) is 0 Å². The molecule has 3 nitrogen and oxygen atoms in total. The quantitative estimate of drug-likeness (QED) is 0.518. The molecule has 0 aliphatic rings. The zero-order chi connectivity index (χ0) is 7.49. The first-order chi connectivity index (χ1) is 4.00. The van der Waals surface area contributed by atoms with Crippen LogP contribution in [0.15, 0.2) is 18.4 Å². The molecule has 0 heterocycles. The van der Waals surface area contributed by atoms with Gasteiger partial charge in [0.05, 0.1) is 0 Å². The Kier molecular flexibility index (Phi) is 2.20. The fourth-order valence-corrected chi connectivity index (χ4v) is 0.274. The first kappa shape index (κ1) is 7.95. The molecule has 0 saturated heterocycles. The van der Waals surface area contributed by atoms with Crippen LogP contribution in [-0.2, 0) is 4.79 Å². The number of carbonyl (C=O) groups is 1. The second kappa shape index (κ2) is 2.49. The molecule has 1 unspecified atom stereocenters. The van der Waals surface area contributed by atoms with Gasteiger partial charge in [-0.15, -0.1) is 5.73 Å². The normalized spacial score (nSPS) is 15.3. The molecule has 0 radical (unpaired) electrons. The minimum absolute atomic E-state index is 1.08. The molecule has 0 bridgehead atoms. The molecule has 3 heteroatoms. The number of hydrogen-bond acceptors (Lipinski definition) is 2. The van der Waals surface area contributed by atoms with Gasteiger partial charge in [-0.25, -0.2) is 4.79 Å². The van der Waals surface area contributed by atoms with E-state index < -0.39 is 11.5 Å². The van der Waals surface area contributed by atoms with Crippen molar-refractivity contribution in [2.24, 2.45) is 5.73 Å². The molecule has 0 aliphatic heterocycles. The van der Waals surface area contributed by atoms with E-state index in [4.69, 9.17) is 10.8 Å². The molecule has 0 aromatic heterocycles. The topological polar surface area (TPSA) is 63.3 Å². The van der Waals surface area contributed by atoms with E-state index in [0.717, 1.165) is 0 Å². The third-order valence-corrected chi connectivity index (χ3v) is 0.863. The lowest BCUT2D eigenvalue weighted by atomic mass is 10.1. The van der Waals surface area contributed by atoms with E-state index in [1.165, 1.54) is 13.0 Å². The number of aliphatic carboxylic acids is 1. The van der Waals surface area contributed by atoms with E-state index in [1.54, 1.807) is 0 Å². The van der Waals surface area contributed by atoms with Crippen molar-refractivity contribution in [3.05, 3.63) is 18.4 Å². The Hall–Kier alpha value is -1.05. The van der Waals surface area contributed by atoms with Crippen molar-refractivity contribution < 1.29 is 9.90 Å². The van der Waals surface area contributed by atoms with Crippen molar-refractivity contribution in [3.63, 3.8) is 0 Å². The molecular weight excluding hydrogens is 118 g/mol. The lowest BCUT2D eigenvalue weighted by molar-refractivity contribution is -0.140. The molecule has 0 saturated carbocycles. The molecular formula is C6H9NO2. The van der Waals surface area contributed by atoms with Crippen LogP contribution in [0.1, 0.15) is 6.92 Å². The van der Waals surface area contributed by atoms with Crippen LogP contribution in [0.25, 0.3) is 0 Å². The second-order valence-electron chi connectivity index (χ2n) is 1.94. The Balaban J connectivity index is 4.37. The van der Waals surface area contributed by atoms with E-state index in [2.05, 4.69) is 12.3 Å². The van der Waals surface area contributed by atoms with Crippen LogP contribution >= 0.6 is 0 Å². The fourth-order valence-electron chi connectivity index (χ4n) is 0.274. The van der Waals surface area contributed by atoms with Crippen LogP contribution in [0.4, 0.5) is 0 Å². The highest BCUT2D eigenvalue weighted by Gasteiger charge is 2.23. The van der Waals surface area contributed by atoms with Crippen molar-refractivity contribution in [3.8, 4) is 0 Å². The van der Waals surface area contributed by atoms with E-state index in [1.807, 2.05) is 0 Å². The number of carboxylic acids is 1. The summed E-state index contributed by atoms with van der Waals surface area (Å²) in [4.78, 5) is 10.2. The van der Waals surface area contributed by atoms with Gasteiger partial charge in [0.1, 0.15) is 5.54 Å². The van der Waals surface area contributed by atoms with Crippen molar-refractivity contribution in [2.75, 3.05) is 0 Å². The van der Waals surface area contributed by atoms with Crippen molar-refractivity contribution in [2.45, 2.75) is 12.5 Å². The van der Waals surface area contributed by atoms with Gasteiger partial charge >= 0.3 is 5.97 Å². The van der Waals surface area contributed by atoms with E-state index in [0.29, 0.717) is 0 Å². The highest BCUT2D eigenvalue weighted by atomic mass is 16.4. The summed E-state index contributed by atoms with van der Waals surface area (Å²) in [5.74, 6) is -1.08. The van der Waals surface area contributed by atoms with E-state index >= 15 is 0 Å². The second-order valence-corrected chi connectivity index (χ2v) is 1.94. The average Bonchev–Trinajstić information content (AvgIpc) is 1.65. The molecule has 0 rings (SSSR count). The first-order valence-electron chi connectivity index (χ1n) is 2.40. The predicted molar refractivity (Wildman–Crippen MR) is 33.9 cm³/mol. The third-order valence-electron chi connectivity index (χ3n) is 0.863. The zero-order valence-corrected chi connectivity index (χ0v) is 5.22. The Bertz CT molecular complexity index is 162. The molecule has 0 aromatic carbocycles. The summed E-state index contributed by atoms with van der Waals surface area (Å²) in [5, 5.41) is 8.35. The molecule has 0 spiro atoms. The van der Waals surface area contributed by atoms with Crippen LogP contribution in [0.3, 0.4) is 0 Å². The Morgan fingerprint density at radius 2 is 2.44 bits per heavy atom. The van der Waals surface area contributed by atoms with Crippen molar-refractivity contribution in [1.29, 1.82) is 0 Å². The maximum Gasteiger partial charge on any atom is 0.328 e. The number of rotatable bonds is 2. The van der Waals surface area contributed by atoms with E-state index in [9.17, 15) is 4.79 Å². The number of carboxylic acid groups (broad SMARTS) is 1. The van der Waals surface area contributed by atoms with Crippen molar-refractivity contribution in [1.82, 2.24) is 0 Å². The largest absolute Gasteiger partial charge is 0.480 e. The van der Waals surface area contributed by atoms with Gasteiger partial charge in [0.2, 0.25) is 0 Å². The minimum Gasteiger partial charge on any atom is -0.480 e. The molecule has 50 valence electrons. The highest BCUT2D eigenvalue weighted by Crippen LogP contribution is 1.98. The van der Waals surface area contributed by atoms with Crippen molar-refractivity contribution >= 4 is 5.97 Å². The molecule has 3 N–H and O–H groups in total. The third kappa shape index (κ3) is 2.13. The van der Waals surface area contributed by atoms with Gasteiger partial charge in [-0.05, 0) is 13.0 Å². The maximum atomic E-state index is 10.2. The SMILES string of the molecule is C=C=CC(C)(N)C(=O)O. The van der Waals surface area contributed by atoms with Gasteiger partial charge in [-0.3, -0.25) is 0 Å². The summed E-state index contributed by atoms with van der Waals surface area (Å²) in [7, 11) is 0. The maximum absolute atomic E-state index is 10.2. The van der Waals surface area contributed by atoms with Crippen LogP contribution < -0.4 is 5.73 Å². The monoisotopic (exact) mass is 127 g/mol. The first-order valence-corrected chi connectivity index (χ1v) is 2.40. The van der Waals surface area contributed by atoms with Gasteiger partial charge in [-0.2, -0.15) is 0 Å². The molecule has 9 heavy (non-hydrogen) atoms. The standard InChI is InChI=1S/C6H9NO2/c1-3-4-6(2,7)5(8)9/h4H,1,7H2,2H3,(H,8,9). The lowest BCUT2D eigenvalue weighted by Gasteiger charge is -2.10. The van der Waals surface area contributed by atoms with Gasteiger partial charge in [0, 0.05) is 0 Å². The van der Waals surface area contributed by atoms with Gasteiger partial charge in [0.25, 0.3) is 0 Å². The number of nitrogens with two attached hydrogens (primary N) is 1. The summed E-state index contributed by atoms with van der Waals surface area (Å²) in [6.45, 7) is 4.57. The summed E-state index contributed by atoms with van der Waals surface area (Å²) in [5.41, 5.74) is 6.19. The smallest absolute Gasteiger partial charge is 0.328 e. The summed E-state index contributed by atoms with van der Waals surface area (Å²) < 4.78 is 0. The Morgan fingerprint density at radius 1 is 2.00 bits per heavy atom. The Labute approximate surface area is 53.5 Å². The van der Waals surface area contributed by atoms with Crippen LogP contribution in [0, 0.1) is 0 Å². The van der Waals surface area contributed by atoms with Crippen LogP contribution in [0.5, 0.6) is 0 Å². The zero-order valence-electron chi connectivity index (χ0n) is 5.22. The summed E-state index contributed by atoms with van der Waals surface area (Å²) in [6.07, 6.45) is 1.20. The van der Waals surface area contributed by atoms with Gasteiger partial charge in [-0.1, -0.05) is 6.58 Å². The lowest BCUT2D eigenvalue weighted by Crippen LogP contribution is -2.42. The molecule has 1 atom stereocenters. The molecule has 0 amide bonds. The predicted octanol–water partition coefficient (Wildman–Crippen LogP) is 0.129. The number of hydrogen-bond donors (Lipinski definition) is 2.